The summed E-state index contributed by atoms with van der Waals surface area (Å²) >= 11 is 0. The summed E-state index contributed by atoms with van der Waals surface area (Å²) in [7, 11) is 0. The van der Waals surface area contributed by atoms with E-state index in [1.165, 1.54) is 12.8 Å². The fourth-order valence-corrected chi connectivity index (χ4v) is 2.38. The third-order valence-electron chi connectivity index (χ3n) is 4.30. The monoisotopic (exact) mass is 273 g/mol. The molecule has 0 bridgehead atoms. The van der Waals surface area contributed by atoms with Gasteiger partial charge in [-0.2, -0.15) is 0 Å². The molecule has 0 heterocycles. The fraction of sp³-hybridized carbons (Fsp3) is 1.00. The van der Waals surface area contributed by atoms with E-state index in [4.69, 9.17) is 9.84 Å². The van der Waals surface area contributed by atoms with Crippen molar-refractivity contribution in [3.8, 4) is 0 Å². The number of rotatable bonds is 8. The normalized spacial score (nSPS) is 28.9. The van der Waals surface area contributed by atoms with Crippen molar-refractivity contribution in [3.63, 3.8) is 0 Å². The molecule has 3 N–H and O–H groups in total. The van der Waals surface area contributed by atoms with Crippen molar-refractivity contribution >= 4 is 0 Å². The van der Waals surface area contributed by atoms with E-state index in [2.05, 4.69) is 12.2 Å². The van der Waals surface area contributed by atoms with E-state index in [0.717, 1.165) is 18.8 Å². The Morgan fingerprint density at radius 1 is 1.21 bits per heavy atom. The first-order valence-corrected chi connectivity index (χ1v) is 7.66. The van der Waals surface area contributed by atoms with Crippen LogP contribution in [0, 0.1) is 11.8 Å². The summed E-state index contributed by atoms with van der Waals surface area (Å²) in [5, 5.41) is 22.2. The Bertz CT molecular complexity index is 229. The second kappa shape index (κ2) is 8.90. The summed E-state index contributed by atoms with van der Waals surface area (Å²) < 4.78 is 5.77. The molecule has 1 saturated carbocycles. The van der Waals surface area contributed by atoms with Gasteiger partial charge >= 0.3 is 0 Å². The van der Waals surface area contributed by atoms with E-state index in [1.54, 1.807) is 0 Å². The molecule has 4 nitrogen and oxygen atoms in total. The molecule has 0 saturated heterocycles. The number of hydrogen-bond acceptors (Lipinski definition) is 4. The topological polar surface area (TPSA) is 61.7 Å². The van der Waals surface area contributed by atoms with Gasteiger partial charge in [0.25, 0.3) is 0 Å². The van der Waals surface area contributed by atoms with Crippen LogP contribution in [0.25, 0.3) is 0 Å². The Hall–Kier alpha value is -0.160. The molecule has 0 spiro atoms. The fourth-order valence-electron chi connectivity index (χ4n) is 2.38. The van der Waals surface area contributed by atoms with Crippen LogP contribution < -0.4 is 5.32 Å². The summed E-state index contributed by atoms with van der Waals surface area (Å²) in [6.07, 6.45) is 4.60. The van der Waals surface area contributed by atoms with Crippen LogP contribution in [0.4, 0.5) is 0 Å². The van der Waals surface area contributed by atoms with Crippen LogP contribution in [-0.4, -0.2) is 48.2 Å². The molecule has 1 rings (SSSR count). The molecule has 0 aromatic rings. The highest BCUT2D eigenvalue weighted by Gasteiger charge is 2.20. The Morgan fingerprint density at radius 3 is 2.42 bits per heavy atom. The lowest BCUT2D eigenvalue weighted by Crippen LogP contribution is -2.40. The summed E-state index contributed by atoms with van der Waals surface area (Å²) in [4.78, 5) is 0. The van der Waals surface area contributed by atoms with Gasteiger partial charge in [0.15, 0.2) is 0 Å². The number of aliphatic hydroxyl groups excluding tert-OH is 2. The Balaban J connectivity index is 2.09. The second-order valence-corrected chi connectivity index (χ2v) is 6.23. The van der Waals surface area contributed by atoms with Crippen LogP contribution in [0.1, 0.15) is 46.5 Å². The van der Waals surface area contributed by atoms with E-state index in [9.17, 15) is 5.11 Å². The largest absolute Gasteiger partial charge is 0.396 e. The first kappa shape index (κ1) is 16.9. The Labute approximate surface area is 117 Å². The minimum Gasteiger partial charge on any atom is -0.396 e. The van der Waals surface area contributed by atoms with Crippen LogP contribution in [0.5, 0.6) is 0 Å². The molecular formula is C15H31NO3. The molecule has 1 aliphatic rings. The van der Waals surface area contributed by atoms with Crippen molar-refractivity contribution in [3.05, 3.63) is 0 Å². The molecule has 0 amide bonds. The minimum atomic E-state index is -0.465. The summed E-state index contributed by atoms with van der Waals surface area (Å²) in [6, 6.07) is 0.204. The number of ether oxygens (including phenoxy) is 1. The maximum Gasteiger partial charge on any atom is 0.0897 e. The average Bonchev–Trinajstić information content (AvgIpc) is 2.43. The molecule has 0 aliphatic heterocycles. The summed E-state index contributed by atoms with van der Waals surface area (Å²) in [5.74, 6) is 1.03. The van der Waals surface area contributed by atoms with E-state index in [0.29, 0.717) is 19.3 Å². The molecule has 1 fully saturated rings. The minimum absolute atomic E-state index is 0.168. The van der Waals surface area contributed by atoms with Crippen molar-refractivity contribution in [1.29, 1.82) is 0 Å². The standard InChI is InChI=1S/C15H31NO3/c1-11-4-6-15(7-5-11)19-10-14(18)8-16-13(3)12(2)9-17/h11-18H,4-10H2,1-3H3. The lowest BCUT2D eigenvalue weighted by Gasteiger charge is -2.27. The maximum absolute atomic E-state index is 9.89. The smallest absolute Gasteiger partial charge is 0.0897 e. The van der Waals surface area contributed by atoms with E-state index in [-0.39, 0.29) is 18.6 Å². The predicted molar refractivity (Wildman–Crippen MR) is 77.1 cm³/mol. The van der Waals surface area contributed by atoms with Gasteiger partial charge in [0.2, 0.25) is 0 Å². The van der Waals surface area contributed by atoms with Gasteiger partial charge in [-0.1, -0.05) is 13.8 Å². The molecule has 1 aliphatic carbocycles. The molecule has 0 aromatic carbocycles. The Kier molecular flexibility index (Phi) is 7.91. The van der Waals surface area contributed by atoms with Gasteiger partial charge in [0, 0.05) is 19.2 Å². The van der Waals surface area contributed by atoms with Crippen molar-refractivity contribution in [1.82, 2.24) is 5.32 Å². The van der Waals surface area contributed by atoms with Gasteiger partial charge in [0.05, 0.1) is 18.8 Å². The SMILES string of the molecule is CC1CCC(OCC(O)CNC(C)C(C)CO)CC1. The lowest BCUT2D eigenvalue weighted by atomic mass is 9.89. The van der Waals surface area contributed by atoms with E-state index >= 15 is 0 Å². The molecule has 4 heteroatoms. The van der Waals surface area contributed by atoms with Crippen molar-refractivity contribution in [2.75, 3.05) is 19.8 Å². The van der Waals surface area contributed by atoms with Crippen molar-refractivity contribution in [2.45, 2.75) is 64.7 Å². The van der Waals surface area contributed by atoms with Gasteiger partial charge in [-0.15, -0.1) is 0 Å². The predicted octanol–water partition coefficient (Wildman–Crippen LogP) is 1.55. The van der Waals surface area contributed by atoms with Crippen LogP contribution in [0.15, 0.2) is 0 Å². The first-order chi connectivity index (χ1) is 9.02. The highest BCUT2D eigenvalue weighted by molar-refractivity contribution is 4.72. The second-order valence-electron chi connectivity index (χ2n) is 6.23. The zero-order valence-corrected chi connectivity index (χ0v) is 12.6. The summed E-state index contributed by atoms with van der Waals surface area (Å²) in [6.45, 7) is 7.40. The van der Waals surface area contributed by atoms with E-state index < -0.39 is 6.10 Å². The van der Waals surface area contributed by atoms with Gasteiger partial charge in [-0.05, 0) is 44.4 Å². The summed E-state index contributed by atoms with van der Waals surface area (Å²) in [5.41, 5.74) is 0. The first-order valence-electron chi connectivity index (χ1n) is 7.66. The van der Waals surface area contributed by atoms with Crippen molar-refractivity contribution in [2.24, 2.45) is 11.8 Å². The van der Waals surface area contributed by atoms with Crippen LogP contribution in [0.2, 0.25) is 0 Å². The molecular weight excluding hydrogens is 242 g/mol. The van der Waals surface area contributed by atoms with Crippen LogP contribution >= 0.6 is 0 Å². The number of aliphatic hydroxyl groups is 2. The third kappa shape index (κ3) is 6.70. The lowest BCUT2D eigenvalue weighted by molar-refractivity contribution is -0.0287. The molecule has 3 unspecified atom stereocenters. The highest BCUT2D eigenvalue weighted by Crippen LogP contribution is 2.25. The average molecular weight is 273 g/mol. The number of nitrogens with one attached hydrogen (secondary N) is 1. The van der Waals surface area contributed by atoms with Crippen molar-refractivity contribution < 1.29 is 14.9 Å². The molecule has 0 aromatic heterocycles. The third-order valence-corrected chi connectivity index (χ3v) is 4.30. The zero-order chi connectivity index (χ0) is 14.3. The quantitative estimate of drug-likeness (QED) is 0.628. The molecule has 0 radical (unpaired) electrons. The molecule has 114 valence electrons. The molecule has 19 heavy (non-hydrogen) atoms. The van der Waals surface area contributed by atoms with E-state index in [1.807, 2.05) is 13.8 Å². The zero-order valence-electron chi connectivity index (χ0n) is 12.6. The van der Waals surface area contributed by atoms with Crippen LogP contribution in [0.3, 0.4) is 0 Å². The number of hydrogen-bond donors (Lipinski definition) is 3. The highest BCUT2D eigenvalue weighted by atomic mass is 16.5. The van der Waals surface area contributed by atoms with Gasteiger partial charge in [0.1, 0.15) is 0 Å². The maximum atomic E-state index is 9.89. The van der Waals surface area contributed by atoms with Gasteiger partial charge in [-0.3, -0.25) is 0 Å². The van der Waals surface area contributed by atoms with Gasteiger partial charge < -0.3 is 20.3 Å². The van der Waals surface area contributed by atoms with Gasteiger partial charge in [-0.25, -0.2) is 0 Å². The van der Waals surface area contributed by atoms with Crippen LogP contribution in [-0.2, 0) is 4.74 Å². The molecule has 3 atom stereocenters. The Morgan fingerprint density at radius 2 is 1.84 bits per heavy atom.